The number of aromatic nitrogens is 2. The van der Waals surface area contributed by atoms with Crippen molar-refractivity contribution in [3.8, 4) is 22.3 Å². The molecule has 2 nitrogen and oxygen atoms in total. The van der Waals surface area contributed by atoms with E-state index in [4.69, 9.17) is 0 Å². The standard InChI is InChI=1S/C51H69N2/c1-15-21-46(44-25-19-17-23-42(44)36-29-38(48(3,4)5)33-39(30-36)49(6,7)8)52-27-28-53(35-52)47(22-16-2)45-26-20-18-24-43(45)37-31-40(50(9,10)11)34-41(32-37)51(12,13)14/h17-20,23-35,46-47H,15-16,21-22H2,1-14H3/q+1/t46-,47-/m1/s1. The van der Waals surface area contributed by atoms with Crippen LogP contribution in [0.25, 0.3) is 22.3 Å². The number of rotatable bonds is 10. The topological polar surface area (TPSA) is 8.81 Å². The molecule has 0 aliphatic rings. The van der Waals surface area contributed by atoms with Gasteiger partial charge in [0, 0.05) is 11.1 Å². The van der Waals surface area contributed by atoms with Gasteiger partial charge in [0.1, 0.15) is 24.5 Å². The summed E-state index contributed by atoms with van der Waals surface area (Å²) in [6, 6.07) is 33.4. The molecule has 4 aromatic carbocycles. The minimum atomic E-state index is 0.0622. The van der Waals surface area contributed by atoms with E-state index in [9.17, 15) is 0 Å². The summed E-state index contributed by atoms with van der Waals surface area (Å²) in [4.78, 5) is 0. The fourth-order valence-corrected chi connectivity index (χ4v) is 7.63. The molecule has 0 bridgehead atoms. The van der Waals surface area contributed by atoms with Gasteiger partial charge in [0.2, 0.25) is 6.33 Å². The van der Waals surface area contributed by atoms with Gasteiger partial charge >= 0.3 is 0 Å². The highest BCUT2D eigenvalue weighted by molar-refractivity contribution is 5.71. The van der Waals surface area contributed by atoms with Gasteiger partial charge in [-0.1, -0.05) is 195 Å². The van der Waals surface area contributed by atoms with E-state index in [2.05, 4.69) is 210 Å². The maximum atomic E-state index is 2.49. The van der Waals surface area contributed by atoms with E-state index < -0.39 is 0 Å². The highest BCUT2D eigenvalue weighted by atomic mass is 15.1. The third kappa shape index (κ3) is 9.25. The Balaban J connectivity index is 1.63. The van der Waals surface area contributed by atoms with Crippen LogP contribution in [0.5, 0.6) is 0 Å². The minimum absolute atomic E-state index is 0.0622. The zero-order valence-electron chi connectivity index (χ0n) is 35.7. The van der Waals surface area contributed by atoms with Gasteiger partial charge in [0.15, 0.2) is 0 Å². The minimum Gasteiger partial charge on any atom is -0.230 e. The lowest BCUT2D eigenvalue weighted by Gasteiger charge is -2.27. The lowest BCUT2D eigenvalue weighted by Crippen LogP contribution is -2.38. The molecule has 5 rings (SSSR count). The Morgan fingerprint density at radius 1 is 0.509 bits per heavy atom. The first-order valence-electron chi connectivity index (χ1n) is 20.3. The molecule has 1 aromatic heterocycles. The Kier molecular flexibility index (Phi) is 11.7. The quantitative estimate of drug-likeness (QED) is 0.128. The van der Waals surface area contributed by atoms with E-state index in [1.54, 1.807) is 0 Å². The second-order valence-electron chi connectivity index (χ2n) is 19.7. The zero-order chi connectivity index (χ0) is 38.9. The Hall–Kier alpha value is -3.91. The van der Waals surface area contributed by atoms with Gasteiger partial charge in [0.05, 0.1) is 0 Å². The third-order valence-electron chi connectivity index (χ3n) is 11.1. The molecule has 5 aromatic rings. The molecule has 0 unspecified atom stereocenters. The summed E-state index contributed by atoms with van der Waals surface area (Å²) in [5.41, 5.74) is 13.9. The second kappa shape index (κ2) is 15.4. The van der Waals surface area contributed by atoms with Gasteiger partial charge in [-0.05, 0) is 79.0 Å². The molecule has 282 valence electrons. The highest BCUT2D eigenvalue weighted by Gasteiger charge is 2.29. The van der Waals surface area contributed by atoms with Gasteiger partial charge in [-0.25, -0.2) is 9.13 Å². The van der Waals surface area contributed by atoms with Gasteiger partial charge in [-0.2, -0.15) is 0 Å². The van der Waals surface area contributed by atoms with E-state index in [1.807, 2.05) is 0 Å². The Bertz CT molecular complexity index is 1790. The molecule has 2 atom stereocenters. The largest absolute Gasteiger partial charge is 0.244 e. The van der Waals surface area contributed by atoms with Gasteiger partial charge < -0.3 is 0 Å². The Morgan fingerprint density at radius 2 is 0.906 bits per heavy atom. The van der Waals surface area contributed by atoms with E-state index in [0.717, 1.165) is 25.7 Å². The monoisotopic (exact) mass is 710 g/mol. The average Bonchev–Trinajstić information content (AvgIpc) is 3.57. The van der Waals surface area contributed by atoms with Crippen LogP contribution in [-0.2, 0) is 21.7 Å². The maximum Gasteiger partial charge on any atom is 0.244 e. The van der Waals surface area contributed by atoms with Crippen molar-refractivity contribution in [1.82, 2.24) is 4.57 Å². The maximum absolute atomic E-state index is 2.49. The van der Waals surface area contributed by atoms with Crippen LogP contribution in [0.4, 0.5) is 0 Å². The van der Waals surface area contributed by atoms with Crippen LogP contribution < -0.4 is 4.57 Å². The normalized spacial score (nSPS) is 14.0. The van der Waals surface area contributed by atoms with Crippen molar-refractivity contribution in [3.63, 3.8) is 0 Å². The molecule has 0 aliphatic heterocycles. The Morgan fingerprint density at radius 3 is 1.32 bits per heavy atom. The molecule has 0 saturated carbocycles. The van der Waals surface area contributed by atoms with E-state index >= 15 is 0 Å². The molecule has 0 aliphatic carbocycles. The number of imidazole rings is 1. The molecule has 0 radical (unpaired) electrons. The third-order valence-corrected chi connectivity index (χ3v) is 11.1. The summed E-state index contributed by atoms with van der Waals surface area (Å²) in [5, 5.41) is 0. The van der Waals surface area contributed by atoms with Crippen LogP contribution >= 0.6 is 0 Å². The van der Waals surface area contributed by atoms with Crippen molar-refractivity contribution in [1.29, 1.82) is 0 Å². The molecule has 53 heavy (non-hydrogen) atoms. The molecule has 2 heteroatoms. The first kappa shape index (κ1) is 40.3. The summed E-state index contributed by atoms with van der Waals surface area (Å²) in [5.74, 6) is 0. The fraction of sp³-hybridized carbons (Fsp3) is 0.471. The van der Waals surface area contributed by atoms with Gasteiger partial charge in [-0.15, -0.1) is 0 Å². The number of hydrogen-bond acceptors (Lipinski definition) is 0. The number of benzene rings is 4. The first-order valence-corrected chi connectivity index (χ1v) is 20.3. The first-order chi connectivity index (χ1) is 24.7. The average molecular weight is 710 g/mol. The summed E-state index contributed by atoms with van der Waals surface area (Å²) < 4.78 is 4.98. The van der Waals surface area contributed by atoms with Crippen LogP contribution in [-0.4, -0.2) is 4.57 Å². The van der Waals surface area contributed by atoms with Crippen LogP contribution in [0.2, 0.25) is 0 Å². The van der Waals surface area contributed by atoms with E-state index in [1.165, 1.54) is 55.6 Å². The zero-order valence-corrected chi connectivity index (χ0v) is 35.7. The Labute approximate surface area is 323 Å². The van der Waals surface area contributed by atoms with Crippen LogP contribution in [0.1, 0.15) is 168 Å². The van der Waals surface area contributed by atoms with Gasteiger partial charge in [0.25, 0.3) is 0 Å². The van der Waals surface area contributed by atoms with Gasteiger partial charge in [-0.3, -0.25) is 0 Å². The molecule has 0 N–H and O–H groups in total. The van der Waals surface area contributed by atoms with E-state index in [-0.39, 0.29) is 33.7 Å². The van der Waals surface area contributed by atoms with Crippen molar-refractivity contribution in [2.24, 2.45) is 0 Å². The summed E-state index contributed by atoms with van der Waals surface area (Å²) in [7, 11) is 0. The molecule has 0 spiro atoms. The molecule has 0 amide bonds. The number of hydrogen-bond donors (Lipinski definition) is 0. The fourth-order valence-electron chi connectivity index (χ4n) is 7.63. The van der Waals surface area contributed by atoms with Crippen LogP contribution in [0.15, 0.2) is 104 Å². The molecular weight excluding hydrogens is 641 g/mol. The van der Waals surface area contributed by atoms with Crippen molar-refractivity contribution >= 4 is 0 Å². The molecule has 0 saturated heterocycles. The number of nitrogens with zero attached hydrogens (tertiary/aromatic N) is 2. The second-order valence-corrected chi connectivity index (χ2v) is 19.7. The molecule has 1 heterocycles. The van der Waals surface area contributed by atoms with E-state index in [0.29, 0.717) is 0 Å². The smallest absolute Gasteiger partial charge is 0.230 e. The SMILES string of the molecule is CCC[C@H](c1ccccc1-c1cc(C(C)(C)C)cc(C(C)(C)C)c1)n1cc[n+]([C@H](CCC)c2ccccc2-c2cc(C(C)(C)C)cc(C(C)(C)C)c2)c1. The van der Waals surface area contributed by atoms with Crippen molar-refractivity contribution in [3.05, 3.63) is 137 Å². The molecule has 0 fully saturated rings. The predicted octanol–water partition coefficient (Wildman–Crippen LogP) is 14.1. The van der Waals surface area contributed by atoms with Crippen LogP contribution in [0, 0.1) is 0 Å². The van der Waals surface area contributed by atoms with Crippen molar-refractivity contribution in [2.75, 3.05) is 0 Å². The summed E-state index contributed by atoms with van der Waals surface area (Å²) >= 11 is 0. The predicted molar refractivity (Wildman–Crippen MR) is 229 cm³/mol. The summed E-state index contributed by atoms with van der Waals surface area (Å²) in [6.07, 6.45) is 11.4. The van der Waals surface area contributed by atoms with Crippen molar-refractivity contribution < 1.29 is 4.57 Å². The summed E-state index contributed by atoms with van der Waals surface area (Å²) in [6.45, 7) is 32.6. The highest BCUT2D eigenvalue weighted by Crippen LogP contribution is 2.40. The molecular formula is C51H69N2+. The lowest BCUT2D eigenvalue weighted by atomic mass is 9.78. The van der Waals surface area contributed by atoms with Crippen molar-refractivity contribution in [2.45, 2.75) is 156 Å². The van der Waals surface area contributed by atoms with Crippen LogP contribution in [0.3, 0.4) is 0 Å². The lowest BCUT2D eigenvalue weighted by molar-refractivity contribution is -0.714.